The van der Waals surface area contributed by atoms with Crippen LogP contribution < -0.4 is 5.32 Å². The largest absolute Gasteiger partial charge is 0.385 e. The van der Waals surface area contributed by atoms with Gasteiger partial charge in [0.25, 0.3) is 0 Å². The van der Waals surface area contributed by atoms with Gasteiger partial charge in [-0.1, -0.05) is 0 Å². The van der Waals surface area contributed by atoms with E-state index < -0.39 is 34.8 Å². The third kappa shape index (κ3) is 3.10. The number of hydrogen-bond acceptors (Lipinski definition) is 2. The van der Waals surface area contributed by atoms with Gasteiger partial charge in [0.1, 0.15) is 5.69 Å². The summed E-state index contributed by atoms with van der Waals surface area (Å²) in [5.74, 6) is -9.76. The molecule has 18 heavy (non-hydrogen) atoms. The zero-order chi connectivity index (χ0) is 13.7. The van der Waals surface area contributed by atoms with E-state index in [1.165, 1.54) is 7.11 Å². The smallest absolute Gasteiger partial charge is 0.200 e. The topological polar surface area (TPSA) is 21.3 Å². The summed E-state index contributed by atoms with van der Waals surface area (Å²) in [6, 6.07) is 0. The van der Waals surface area contributed by atoms with Crippen molar-refractivity contribution in [3.63, 3.8) is 0 Å². The molecule has 1 rings (SSSR count). The van der Waals surface area contributed by atoms with Gasteiger partial charge in [-0.2, -0.15) is 0 Å². The molecule has 0 fully saturated rings. The Balaban J connectivity index is 2.77. The molecular formula is C11H12F5NO. The summed E-state index contributed by atoms with van der Waals surface area (Å²) < 4.78 is 69.4. The number of ether oxygens (including phenoxy) is 1. The second-order valence-electron chi connectivity index (χ2n) is 3.57. The van der Waals surface area contributed by atoms with Crippen molar-refractivity contribution in [2.24, 2.45) is 0 Å². The summed E-state index contributed by atoms with van der Waals surface area (Å²) in [5.41, 5.74) is -0.996. The van der Waals surface area contributed by atoms with Crippen LogP contribution in [0.3, 0.4) is 0 Å². The standard InChI is InChI=1S/C11H12F5NO/c1-18-5-3-2-4-17-11-9(15)7(13)6(12)8(14)10(11)16/h17H,2-5H2,1H3. The van der Waals surface area contributed by atoms with Gasteiger partial charge in [-0.05, 0) is 12.8 Å². The van der Waals surface area contributed by atoms with Crippen LogP contribution in [0.4, 0.5) is 27.6 Å². The molecule has 1 N–H and O–H groups in total. The van der Waals surface area contributed by atoms with Crippen molar-refractivity contribution in [2.75, 3.05) is 25.6 Å². The normalized spacial score (nSPS) is 10.8. The molecule has 7 heteroatoms. The molecule has 0 aliphatic rings. The lowest BCUT2D eigenvalue weighted by Gasteiger charge is -2.10. The summed E-state index contributed by atoms with van der Waals surface area (Å²) in [4.78, 5) is 0. The molecule has 2 nitrogen and oxygen atoms in total. The number of unbranched alkanes of at least 4 members (excludes halogenated alkanes) is 1. The van der Waals surface area contributed by atoms with Crippen LogP contribution in [0.25, 0.3) is 0 Å². The molecule has 0 amide bonds. The Morgan fingerprint density at radius 3 is 1.83 bits per heavy atom. The van der Waals surface area contributed by atoms with Crippen molar-refractivity contribution in [3.8, 4) is 0 Å². The van der Waals surface area contributed by atoms with Crippen molar-refractivity contribution in [3.05, 3.63) is 29.1 Å². The van der Waals surface area contributed by atoms with E-state index in [4.69, 9.17) is 4.74 Å². The average molecular weight is 269 g/mol. The quantitative estimate of drug-likeness (QED) is 0.370. The maximum atomic E-state index is 13.2. The zero-order valence-electron chi connectivity index (χ0n) is 9.63. The molecule has 0 saturated carbocycles. The van der Waals surface area contributed by atoms with E-state index in [1.807, 2.05) is 0 Å². The minimum Gasteiger partial charge on any atom is -0.385 e. The number of hydrogen-bond donors (Lipinski definition) is 1. The molecule has 0 heterocycles. The van der Waals surface area contributed by atoms with E-state index in [2.05, 4.69) is 5.32 Å². The Kier molecular flexibility index (Phi) is 5.33. The summed E-state index contributed by atoms with van der Waals surface area (Å²) in [6.07, 6.45) is 1.09. The lowest BCUT2D eigenvalue weighted by molar-refractivity contribution is 0.193. The first-order valence-electron chi connectivity index (χ1n) is 5.25. The van der Waals surface area contributed by atoms with Crippen LogP contribution in [0.2, 0.25) is 0 Å². The van der Waals surface area contributed by atoms with Crippen LogP contribution in [0, 0.1) is 29.1 Å². The van der Waals surface area contributed by atoms with E-state index in [0.29, 0.717) is 19.4 Å². The minimum absolute atomic E-state index is 0.0850. The highest BCUT2D eigenvalue weighted by Gasteiger charge is 2.25. The van der Waals surface area contributed by atoms with Gasteiger partial charge in [0.15, 0.2) is 23.3 Å². The fourth-order valence-electron chi connectivity index (χ4n) is 1.34. The van der Waals surface area contributed by atoms with Crippen LogP contribution in [-0.2, 0) is 4.74 Å². The zero-order valence-corrected chi connectivity index (χ0v) is 9.63. The van der Waals surface area contributed by atoms with E-state index >= 15 is 0 Å². The van der Waals surface area contributed by atoms with Crippen molar-refractivity contribution in [1.82, 2.24) is 0 Å². The maximum Gasteiger partial charge on any atom is 0.200 e. The van der Waals surface area contributed by atoms with Gasteiger partial charge in [-0.3, -0.25) is 0 Å². The van der Waals surface area contributed by atoms with Crippen molar-refractivity contribution >= 4 is 5.69 Å². The lowest BCUT2D eigenvalue weighted by atomic mass is 10.2. The monoisotopic (exact) mass is 269 g/mol. The fourth-order valence-corrected chi connectivity index (χ4v) is 1.34. The van der Waals surface area contributed by atoms with Gasteiger partial charge in [-0.15, -0.1) is 0 Å². The number of rotatable bonds is 6. The van der Waals surface area contributed by atoms with Gasteiger partial charge < -0.3 is 10.1 Å². The van der Waals surface area contributed by atoms with Crippen LogP contribution in [0.15, 0.2) is 0 Å². The van der Waals surface area contributed by atoms with Crippen LogP contribution in [-0.4, -0.2) is 20.3 Å². The number of methoxy groups -OCH3 is 1. The molecule has 0 unspecified atom stereocenters. The predicted octanol–water partition coefficient (Wildman–Crippen LogP) is 3.22. The molecule has 0 atom stereocenters. The Hall–Kier alpha value is -1.37. The summed E-state index contributed by atoms with van der Waals surface area (Å²) in [6.45, 7) is 0.542. The van der Waals surface area contributed by atoms with E-state index in [-0.39, 0.29) is 6.54 Å². The third-order valence-corrected chi connectivity index (χ3v) is 2.29. The van der Waals surface area contributed by atoms with Gasteiger partial charge in [0.05, 0.1) is 0 Å². The first-order valence-corrected chi connectivity index (χ1v) is 5.25. The minimum atomic E-state index is -2.16. The predicted molar refractivity (Wildman–Crippen MR) is 55.8 cm³/mol. The highest BCUT2D eigenvalue weighted by molar-refractivity contribution is 5.47. The van der Waals surface area contributed by atoms with Gasteiger partial charge in [-0.25, -0.2) is 22.0 Å². The summed E-state index contributed by atoms with van der Waals surface area (Å²) >= 11 is 0. The number of halogens is 5. The molecule has 0 radical (unpaired) electrons. The summed E-state index contributed by atoms with van der Waals surface area (Å²) in [5, 5.41) is 2.20. The maximum absolute atomic E-state index is 13.2. The Morgan fingerprint density at radius 1 is 0.833 bits per heavy atom. The van der Waals surface area contributed by atoms with Crippen LogP contribution in [0.5, 0.6) is 0 Å². The van der Waals surface area contributed by atoms with Crippen molar-refractivity contribution < 1.29 is 26.7 Å². The molecule has 1 aromatic carbocycles. The Labute approximate surface area is 101 Å². The van der Waals surface area contributed by atoms with Gasteiger partial charge in [0, 0.05) is 20.3 Å². The van der Waals surface area contributed by atoms with E-state index in [1.54, 1.807) is 0 Å². The highest BCUT2D eigenvalue weighted by Crippen LogP contribution is 2.26. The molecule has 0 aliphatic heterocycles. The first kappa shape index (κ1) is 14.7. The van der Waals surface area contributed by atoms with Crippen LogP contribution >= 0.6 is 0 Å². The lowest BCUT2D eigenvalue weighted by Crippen LogP contribution is -2.11. The van der Waals surface area contributed by atoms with Gasteiger partial charge in [0.2, 0.25) is 5.82 Å². The van der Waals surface area contributed by atoms with Crippen LogP contribution in [0.1, 0.15) is 12.8 Å². The third-order valence-electron chi connectivity index (χ3n) is 2.29. The SMILES string of the molecule is COCCCCNc1c(F)c(F)c(F)c(F)c1F. The molecule has 0 saturated heterocycles. The average Bonchev–Trinajstić information content (AvgIpc) is 2.37. The molecular weight excluding hydrogens is 257 g/mol. The molecule has 0 aliphatic carbocycles. The Bertz CT molecular complexity index is 395. The second-order valence-corrected chi connectivity index (χ2v) is 3.57. The summed E-state index contributed by atoms with van der Waals surface area (Å²) in [7, 11) is 1.50. The van der Waals surface area contributed by atoms with Gasteiger partial charge >= 0.3 is 0 Å². The van der Waals surface area contributed by atoms with Crippen molar-refractivity contribution in [2.45, 2.75) is 12.8 Å². The first-order chi connectivity index (χ1) is 8.50. The fraction of sp³-hybridized carbons (Fsp3) is 0.455. The molecule has 0 spiro atoms. The molecule has 0 aromatic heterocycles. The molecule has 102 valence electrons. The van der Waals surface area contributed by atoms with Crippen molar-refractivity contribution in [1.29, 1.82) is 0 Å². The van der Waals surface area contributed by atoms with E-state index in [9.17, 15) is 22.0 Å². The highest BCUT2D eigenvalue weighted by atomic mass is 19.2. The molecule has 1 aromatic rings. The number of nitrogens with one attached hydrogen (secondary N) is 1. The van der Waals surface area contributed by atoms with E-state index in [0.717, 1.165) is 0 Å². The molecule has 0 bridgehead atoms. The Morgan fingerprint density at radius 2 is 1.33 bits per heavy atom. The number of anilines is 1. The second kappa shape index (κ2) is 6.53. The number of benzene rings is 1.